The maximum absolute atomic E-state index is 11.4. The molecule has 4 heterocycles. The van der Waals surface area contributed by atoms with E-state index in [1.54, 1.807) is 19.2 Å². The Kier molecular flexibility index (Phi) is 6.33. The van der Waals surface area contributed by atoms with E-state index in [1.165, 1.54) is 6.07 Å². The van der Waals surface area contributed by atoms with Crippen molar-refractivity contribution in [2.45, 2.75) is 62.7 Å². The summed E-state index contributed by atoms with van der Waals surface area (Å²) < 4.78 is 11.4. The fourth-order valence-corrected chi connectivity index (χ4v) is 6.76. The normalized spacial score (nSPS) is 21.9. The van der Waals surface area contributed by atoms with Crippen molar-refractivity contribution < 1.29 is 19.2 Å². The number of hydrogen-bond acceptors (Lipinski definition) is 8. The number of rotatable bonds is 8. The van der Waals surface area contributed by atoms with Crippen LogP contribution >= 0.6 is 23.2 Å². The van der Waals surface area contributed by atoms with E-state index in [9.17, 15) is 9.90 Å². The van der Waals surface area contributed by atoms with Gasteiger partial charge in [0.05, 0.1) is 33.8 Å². The fraction of sp³-hybridized carbons (Fsp3) is 0.379. The Morgan fingerprint density at radius 1 is 1.10 bits per heavy atom. The van der Waals surface area contributed by atoms with E-state index in [4.69, 9.17) is 37.4 Å². The number of carboxylic acids is 1. The van der Waals surface area contributed by atoms with Gasteiger partial charge in [0.25, 0.3) is 5.88 Å². The molecular formula is C29H27Cl2N5O4. The summed E-state index contributed by atoms with van der Waals surface area (Å²) in [6.07, 6.45) is 5.19. The third-order valence-corrected chi connectivity index (χ3v) is 8.91. The van der Waals surface area contributed by atoms with Crippen molar-refractivity contribution in [3.05, 3.63) is 63.3 Å². The van der Waals surface area contributed by atoms with Crippen LogP contribution in [-0.2, 0) is 6.54 Å². The summed E-state index contributed by atoms with van der Waals surface area (Å²) in [5.41, 5.74) is 3.79. The number of nitrogens with zero attached hydrogens (tertiary/aromatic N) is 4. The van der Waals surface area contributed by atoms with Crippen molar-refractivity contribution in [3.8, 4) is 17.1 Å². The zero-order valence-electron chi connectivity index (χ0n) is 21.7. The van der Waals surface area contributed by atoms with Gasteiger partial charge in [-0.15, -0.1) is 0 Å². The lowest BCUT2D eigenvalue weighted by molar-refractivity contribution is 0.0697. The number of carbonyl (C=O) groups is 1. The SMILES string of the molecule is COc1nc2cc(C(=O)O)ccc2nc1N1C2CC(NCc3c(-c4c(Cl)cccc4Cl)noc3C3CC3)CC1C2. The van der Waals surface area contributed by atoms with Crippen LogP contribution in [0.2, 0.25) is 10.0 Å². The molecule has 11 heteroatoms. The second-order valence-electron chi connectivity index (χ2n) is 10.8. The number of aromatic carboxylic acids is 1. The predicted octanol–water partition coefficient (Wildman–Crippen LogP) is 6.08. The van der Waals surface area contributed by atoms with Crippen molar-refractivity contribution >= 4 is 46.0 Å². The van der Waals surface area contributed by atoms with E-state index >= 15 is 0 Å². The molecule has 4 fully saturated rings. The lowest BCUT2D eigenvalue weighted by atomic mass is 9.76. The number of benzene rings is 2. The molecule has 2 aromatic heterocycles. The average Bonchev–Trinajstić information content (AvgIpc) is 3.71. The second kappa shape index (κ2) is 9.90. The highest BCUT2D eigenvalue weighted by Gasteiger charge is 2.47. The largest absolute Gasteiger partial charge is 0.478 e. The van der Waals surface area contributed by atoms with Crippen molar-refractivity contribution in [2.24, 2.45) is 0 Å². The highest BCUT2D eigenvalue weighted by atomic mass is 35.5. The van der Waals surface area contributed by atoms with Crippen LogP contribution in [0.15, 0.2) is 40.9 Å². The van der Waals surface area contributed by atoms with Gasteiger partial charge in [-0.3, -0.25) is 0 Å². The zero-order valence-corrected chi connectivity index (χ0v) is 23.2. The first-order chi connectivity index (χ1) is 19.4. The van der Waals surface area contributed by atoms with Crippen LogP contribution < -0.4 is 15.0 Å². The fourth-order valence-electron chi connectivity index (χ4n) is 6.18. The summed E-state index contributed by atoms with van der Waals surface area (Å²) in [5, 5.41) is 18.6. The molecule has 9 nitrogen and oxygen atoms in total. The number of ether oxygens (including phenoxy) is 1. The molecule has 0 spiro atoms. The van der Waals surface area contributed by atoms with Gasteiger partial charge < -0.3 is 24.6 Å². The number of carboxylic acid groups (broad SMARTS) is 1. The summed E-state index contributed by atoms with van der Waals surface area (Å²) >= 11 is 13.1. The molecule has 206 valence electrons. The predicted molar refractivity (Wildman–Crippen MR) is 152 cm³/mol. The lowest BCUT2D eigenvalue weighted by Gasteiger charge is -2.56. The van der Waals surface area contributed by atoms with Gasteiger partial charge in [0.1, 0.15) is 11.5 Å². The monoisotopic (exact) mass is 579 g/mol. The van der Waals surface area contributed by atoms with E-state index in [1.807, 2.05) is 18.2 Å². The minimum Gasteiger partial charge on any atom is -0.478 e. The Morgan fingerprint density at radius 3 is 2.52 bits per heavy atom. The van der Waals surface area contributed by atoms with Crippen molar-refractivity contribution in [1.29, 1.82) is 0 Å². The van der Waals surface area contributed by atoms with Crippen molar-refractivity contribution in [2.75, 3.05) is 12.0 Å². The van der Waals surface area contributed by atoms with Gasteiger partial charge in [0.15, 0.2) is 5.82 Å². The number of aromatic nitrogens is 3. The van der Waals surface area contributed by atoms with Gasteiger partial charge in [0, 0.05) is 41.7 Å². The first-order valence-corrected chi connectivity index (χ1v) is 14.2. The van der Waals surface area contributed by atoms with Gasteiger partial charge in [-0.1, -0.05) is 34.4 Å². The topological polar surface area (TPSA) is 114 Å². The molecule has 2 saturated heterocycles. The van der Waals surface area contributed by atoms with Crippen LogP contribution in [0.25, 0.3) is 22.3 Å². The van der Waals surface area contributed by atoms with E-state index in [-0.39, 0.29) is 5.56 Å². The third-order valence-electron chi connectivity index (χ3n) is 8.28. The molecule has 2 unspecified atom stereocenters. The standard InChI is InChI=1S/C29H27Cl2N5O4/c1-39-28-27(33-22-8-7-15(29(37)38)9-23(22)34-28)36-17-10-16(11-18(36)12-17)32-13-19-25(35-40-26(19)14-5-6-14)24-20(30)3-2-4-21(24)31/h2-4,7-9,14,16-18,32H,5-6,10-13H2,1H3,(H,37,38). The number of hydrogen-bond donors (Lipinski definition) is 2. The molecule has 4 aliphatic rings. The summed E-state index contributed by atoms with van der Waals surface area (Å²) in [6.45, 7) is 0.626. The van der Waals surface area contributed by atoms with Gasteiger partial charge >= 0.3 is 5.97 Å². The Labute approximate surface area is 240 Å². The van der Waals surface area contributed by atoms with Crippen LogP contribution in [0.3, 0.4) is 0 Å². The molecule has 0 radical (unpaired) electrons. The minimum absolute atomic E-state index is 0.170. The molecule has 4 aromatic rings. The molecule has 8 rings (SSSR count). The van der Waals surface area contributed by atoms with E-state index < -0.39 is 5.97 Å². The smallest absolute Gasteiger partial charge is 0.335 e. The first kappa shape index (κ1) is 25.6. The average molecular weight is 580 g/mol. The van der Waals surface area contributed by atoms with Crippen LogP contribution in [0.4, 0.5) is 5.82 Å². The van der Waals surface area contributed by atoms with E-state index in [0.29, 0.717) is 68.9 Å². The van der Waals surface area contributed by atoms with Crippen molar-refractivity contribution in [1.82, 2.24) is 20.4 Å². The van der Waals surface area contributed by atoms with Crippen LogP contribution in [0.5, 0.6) is 5.88 Å². The maximum atomic E-state index is 11.4. The molecule has 40 heavy (non-hydrogen) atoms. The third kappa shape index (κ3) is 4.36. The summed E-state index contributed by atoms with van der Waals surface area (Å²) in [7, 11) is 1.57. The molecule has 2 atom stereocenters. The Bertz CT molecular complexity index is 1610. The number of halogens is 2. The Balaban J connectivity index is 1.10. The maximum Gasteiger partial charge on any atom is 0.335 e. The highest BCUT2D eigenvalue weighted by Crippen LogP contribution is 2.47. The van der Waals surface area contributed by atoms with Crippen LogP contribution in [-0.4, -0.2) is 51.4 Å². The summed E-state index contributed by atoms with van der Waals surface area (Å²) in [5.74, 6) is 1.46. The number of piperidine rings is 1. The minimum atomic E-state index is -1.000. The number of fused-ring (bicyclic) bond motifs is 3. The van der Waals surface area contributed by atoms with Crippen LogP contribution in [0.1, 0.15) is 59.7 Å². The highest BCUT2D eigenvalue weighted by molar-refractivity contribution is 6.39. The first-order valence-electron chi connectivity index (χ1n) is 13.4. The molecule has 2 aliphatic heterocycles. The van der Waals surface area contributed by atoms with Crippen molar-refractivity contribution in [3.63, 3.8) is 0 Å². The molecule has 2 bridgehead atoms. The van der Waals surface area contributed by atoms with Gasteiger partial charge in [0.2, 0.25) is 0 Å². The number of anilines is 1. The number of methoxy groups -OCH3 is 1. The molecule has 0 amide bonds. The van der Waals surface area contributed by atoms with Gasteiger partial charge in [-0.25, -0.2) is 14.8 Å². The Hall–Kier alpha value is -3.40. The number of nitrogens with one attached hydrogen (secondary N) is 1. The summed E-state index contributed by atoms with van der Waals surface area (Å²) in [6, 6.07) is 11.2. The second-order valence-corrected chi connectivity index (χ2v) is 11.6. The van der Waals surface area contributed by atoms with E-state index in [0.717, 1.165) is 49.1 Å². The molecule has 2 aromatic carbocycles. The molecule has 2 aliphatic carbocycles. The Morgan fingerprint density at radius 2 is 1.85 bits per heavy atom. The van der Waals surface area contributed by atoms with Crippen LogP contribution in [0, 0.1) is 0 Å². The quantitative estimate of drug-likeness (QED) is 0.256. The van der Waals surface area contributed by atoms with Gasteiger partial charge in [-0.05, 0) is 62.4 Å². The molecule has 2 N–H and O–H groups in total. The molecular weight excluding hydrogens is 553 g/mol. The lowest BCUT2D eigenvalue weighted by Crippen LogP contribution is -2.64. The molecule has 2 saturated carbocycles. The van der Waals surface area contributed by atoms with E-state index in [2.05, 4.69) is 20.4 Å². The zero-order chi connectivity index (χ0) is 27.5. The van der Waals surface area contributed by atoms with Gasteiger partial charge in [-0.2, -0.15) is 0 Å². The summed E-state index contributed by atoms with van der Waals surface area (Å²) in [4.78, 5) is 23.1.